The molecule has 8 nitrogen and oxygen atoms in total. The Bertz CT molecular complexity index is 1560. The van der Waals surface area contributed by atoms with E-state index in [9.17, 15) is 22.8 Å². The number of carbonyl (C=O) groups is 3. The molecule has 10 heteroatoms. The van der Waals surface area contributed by atoms with Crippen LogP contribution in [0.5, 0.6) is 0 Å². The molecular formula is C32H34ClN3O5S. The first-order valence-electron chi connectivity index (χ1n) is 14.3. The molecule has 2 aliphatic rings. The van der Waals surface area contributed by atoms with E-state index in [4.69, 9.17) is 11.6 Å². The number of rotatable bonds is 10. The number of halogens is 1. The van der Waals surface area contributed by atoms with Crippen molar-refractivity contribution in [3.8, 4) is 0 Å². The van der Waals surface area contributed by atoms with Gasteiger partial charge in [0.25, 0.3) is 15.9 Å². The van der Waals surface area contributed by atoms with Gasteiger partial charge in [0, 0.05) is 37.0 Å². The molecule has 0 saturated heterocycles. The molecule has 1 aliphatic carbocycles. The highest BCUT2D eigenvalue weighted by molar-refractivity contribution is 7.90. The van der Waals surface area contributed by atoms with Gasteiger partial charge in [0.05, 0.1) is 5.56 Å². The summed E-state index contributed by atoms with van der Waals surface area (Å²) >= 11 is 6.49. The molecule has 1 unspecified atom stereocenters. The summed E-state index contributed by atoms with van der Waals surface area (Å²) in [6.45, 7) is -0.287. The summed E-state index contributed by atoms with van der Waals surface area (Å²) in [5.74, 6) is -1.37. The van der Waals surface area contributed by atoms with Crippen molar-refractivity contribution >= 4 is 39.3 Å². The van der Waals surface area contributed by atoms with E-state index < -0.39 is 27.9 Å². The fourth-order valence-electron chi connectivity index (χ4n) is 5.70. The number of sulfonamides is 1. The van der Waals surface area contributed by atoms with Crippen molar-refractivity contribution in [1.29, 1.82) is 0 Å². The maximum Gasteiger partial charge on any atom is 0.269 e. The van der Waals surface area contributed by atoms with E-state index in [0.717, 1.165) is 42.0 Å². The van der Waals surface area contributed by atoms with Gasteiger partial charge < -0.3 is 10.2 Å². The summed E-state index contributed by atoms with van der Waals surface area (Å²) in [4.78, 5) is 42.3. The number of fused-ring (bicyclic) bond motifs is 1. The number of carbonyl (C=O) groups excluding carboxylic acids is 3. The maximum atomic E-state index is 14.0. The Labute approximate surface area is 251 Å². The van der Waals surface area contributed by atoms with Crippen LogP contribution in [0, 0.1) is 0 Å². The van der Waals surface area contributed by atoms with Crippen molar-refractivity contribution in [2.75, 3.05) is 6.54 Å². The quantitative estimate of drug-likeness (QED) is 0.351. The number of hydrogen-bond donors (Lipinski definition) is 1. The van der Waals surface area contributed by atoms with Crippen LogP contribution in [-0.4, -0.2) is 54.0 Å². The van der Waals surface area contributed by atoms with Crippen LogP contribution in [-0.2, 0) is 32.6 Å². The van der Waals surface area contributed by atoms with Gasteiger partial charge in [-0.1, -0.05) is 91.5 Å². The van der Waals surface area contributed by atoms with Crippen LogP contribution < -0.4 is 5.32 Å². The Morgan fingerprint density at radius 2 is 1.60 bits per heavy atom. The Morgan fingerprint density at radius 1 is 0.929 bits per heavy atom. The summed E-state index contributed by atoms with van der Waals surface area (Å²) in [5.41, 5.74) is 1.63. The fraction of sp³-hybridized carbons (Fsp3) is 0.344. The molecule has 220 valence electrons. The van der Waals surface area contributed by atoms with Crippen molar-refractivity contribution in [2.24, 2.45) is 0 Å². The summed E-state index contributed by atoms with van der Waals surface area (Å²) in [5, 5.41) is 3.63. The highest BCUT2D eigenvalue weighted by Crippen LogP contribution is 2.30. The number of nitrogens with one attached hydrogen (secondary N) is 1. The number of hydrogen-bond acceptors (Lipinski definition) is 5. The average Bonchev–Trinajstić information content (AvgIpc) is 3.19. The molecule has 1 saturated carbocycles. The molecule has 1 N–H and O–H groups in total. The average molecular weight is 608 g/mol. The van der Waals surface area contributed by atoms with Crippen molar-refractivity contribution in [2.45, 2.75) is 68.5 Å². The highest BCUT2D eigenvalue weighted by atomic mass is 35.5. The molecule has 1 atom stereocenters. The minimum atomic E-state index is -4.07. The summed E-state index contributed by atoms with van der Waals surface area (Å²) in [7, 11) is -4.07. The van der Waals surface area contributed by atoms with Crippen LogP contribution in [0.1, 0.15) is 60.0 Å². The van der Waals surface area contributed by atoms with Crippen molar-refractivity contribution in [1.82, 2.24) is 14.5 Å². The molecule has 0 aromatic heterocycles. The molecule has 0 radical (unpaired) electrons. The van der Waals surface area contributed by atoms with Gasteiger partial charge in [-0.25, -0.2) is 12.7 Å². The third-order valence-corrected chi connectivity index (χ3v) is 10.2. The zero-order valence-corrected chi connectivity index (χ0v) is 24.8. The zero-order valence-electron chi connectivity index (χ0n) is 23.2. The standard InChI is InChI=1S/C32H34ClN3O5S/c33-27-17-9-7-13-24(27)22-35(30(37)19-20-36-32(39)26-16-8-10-18-29(26)42(36,40)41)28(21-23-11-3-1-4-12-23)31(38)34-25-14-5-2-6-15-25/h1,3-4,7-13,16-18,25,28H,2,5-6,14-15,19-22H2,(H,34,38). The van der Waals surface area contributed by atoms with Gasteiger partial charge in [0.2, 0.25) is 11.8 Å². The largest absolute Gasteiger partial charge is 0.352 e. The smallest absolute Gasteiger partial charge is 0.269 e. The van der Waals surface area contributed by atoms with E-state index in [1.165, 1.54) is 17.0 Å². The second kappa shape index (κ2) is 13.1. The van der Waals surface area contributed by atoms with Gasteiger partial charge in [-0.05, 0) is 42.2 Å². The van der Waals surface area contributed by atoms with E-state index in [1.54, 1.807) is 30.3 Å². The van der Waals surface area contributed by atoms with Crippen molar-refractivity contribution in [3.63, 3.8) is 0 Å². The van der Waals surface area contributed by atoms with E-state index >= 15 is 0 Å². The molecule has 1 fully saturated rings. The summed E-state index contributed by atoms with van der Waals surface area (Å²) in [6.07, 6.45) is 4.97. The third-order valence-electron chi connectivity index (χ3n) is 7.96. The second-order valence-electron chi connectivity index (χ2n) is 10.8. The Kier molecular flexibility index (Phi) is 9.28. The minimum Gasteiger partial charge on any atom is -0.352 e. The lowest BCUT2D eigenvalue weighted by molar-refractivity contribution is -0.141. The molecule has 3 aromatic rings. The predicted octanol–water partition coefficient (Wildman–Crippen LogP) is 4.96. The maximum absolute atomic E-state index is 14.0. The monoisotopic (exact) mass is 607 g/mol. The number of nitrogens with zero attached hydrogens (tertiary/aromatic N) is 2. The fourth-order valence-corrected chi connectivity index (χ4v) is 7.47. The molecule has 1 heterocycles. The zero-order chi connectivity index (χ0) is 29.7. The molecule has 42 heavy (non-hydrogen) atoms. The predicted molar refractivity (Wildman–Crippen MR) is 160 cm³/mol. The lowest BCUT2D eigenvalue weighted by Gasteiger charge is -2.34. The molecule has 1 aliphatic heterocycles. The minimum absolute atomic E-state index is 0.0349. The lowest BCUT2D eigenvalue weighted by Crippen LogP contribution is -2.53. The van der Waals surface area contributed by atoms with Gasteiger partial charge >= 0.3 is 0 Å². The molecular weight excluding hydrogens is 574 g/mol. The van der Waals surface area contributed by atoms with E-state index in [2.05, 4.69) is 5.32 Å². The number of benzene rings is 3. The summed E-state index contributed by atoms with van der Waals surface area (Å²) < 4.78 is 27.0. The SMILES string of the molecule is O=C(NC1CCCCC1)C(Cc1ccccc1)N(Cc1ccccc1Cl)C(=O)CCN1C(=O)c2ccccc2S1(=O)=O. The van der Waals surface area contributed by atoms with E-state index in [1.807, 2.05) is 36.4 Å². The van der Waals surface area contributed by atoms with Gasteiger partial charge in [0.15, 0.2) is 0 Å². The van der Waals surface area contributed by atoms with Gasteiger partial charge in [0.1, 0.15) is 10.9 Å². The normalized spacial score (nSPS) is 17.0. The first-order valence-corrected chi connectivity index (χ1v) is 16.1. The van der Waals surface area contributed by atoms with Crippen molar-refractivity contribution in [3.05, 3.63) is 101 Å². The Hall–Kier alpha value is -3.69. The molecule has 3 amide bonds. The van der Waals surface area contributed by atoms with Crippen LogP contribution in [0.2, 0.25) is 5.02 Å². The van der Waals surface area contributed by atoms with Gasteiger partial charge in [-0.15, -0.1) is 0 Å². The van der Waals surface area contributed by atoms with E-state index in [0.29, 0.717) is 10.6 Å². The van der Waals surface area contributed by atoms with Gasteiger partial charge in [-0.2, -0.15) is 0 Å². The first kappa shape index (κ1) is 29.8. The van der Waals surface area contributed by atoms with Crippen LogP contribution in [0.4, 0.5) is 0 Å². The van der Waals surface area contributed by atoms with E-state index in [-0.39, 0.29) is 48.3 Å². The van der Waals surface area contributed by atoms with Crippen LogP contribution in [0.3, 0.4) is 0 Å². The van der Waals surface area contributed by atoms with Crippen LogP contribution in [0.15, 0.2) is 83.8 Å². The van der Waals surface area contributed by atoms with Crippen molar-refractivity contribution < 1.29 is 22.8 Å². The topological polar surface area (TPSA) is 104 Å². The lowest BCUT2D eigenvalue weighted by atomic mass is 9.94. The molecule has 0 spiro atoms. The summed E-state index contributed by atoms with van der Waals surface area (Å²) in [6, 6.07) is 21.8. The number of amides is 3. The molecule has 3 aromatic carbocycles. The highest BCUT2D eigenvalue weighted by Gasteiger charge is 2.41. The van der Waals surface area contributed by atoms with Crippen LogP contribution in [0.25, 0.3) is 0 Å². The molecule has 0 bridgehead atoms. The Morgan fingerprint density at radius 3 is 2.31 bits per heavy atom. The van der Waals surface area contributed by atoms with Gasteiger partial charge in [-0.3, -0.25) is 14.4 Å². The first-order chi connectivity index (χ1) is 20.3. The molecule has 5 rings (SSSR count). The third kappa shape index (κ3) is 6.52. The Balaban J connectivity index is 1.43. The van der Waals surface area contributed by atoms with Crippen LogP contribution >= 0.6 is 11.6 Å². The second-order valence-corrected chi connectivity index (χ2v) is 13.0.